The third-order valence-corrected chi connectivity index (χ3v) is 3.41. The van der Waals surface area contributed by atoms with Gasteiger partial charge in [-0.3, -0.25) is 0 Å². The van der Waals surface area contributed by atoms with Gasteiger partial charge in [0, 0.05) is 30.3 Å². The molecule has 102 valence electrons. The zero-order valence-electron chi connectivity index (χ0n) is 11.4. The van der Waals surface area contributed by atoms with Crippen molar-refractivity contribution in [2.24, 2.45) is 0 Å². The SMILES string of the molecule is CN(C)CCOCCNCCSc1ccccc1. The lowest BCUT2D eigenvalue weighted by atomic mass is 10.4. The quantitative estimate of drug-likeness (QED) is 0.518. The monoisotopic (exact) mass is 268 g/mol. The van der Waals surface area contributed by atoms with Crippen molar-refractivity contribution in [3.63, 3.8) is 0 Å². The van der Waals surface area contributed by atoms with Crippen LogP contribution in [0, 0.1) is 0 Å². The van der Waals surface area contributed by atoms with E-state index in [9.17, 15) is 0 Å². The Bertz CT molecular complexity index is 293. The van der Waals surface area contributed by atoms with Crippen molar-refractivity contribution in [3.05, 3.63) is 30.3 Å². The van der Waals surface area contributed by atoms with Crippen molar-refractivity contribution < 1.29 is 4.74 Å². The molecule has 0 aliphatic carbocycles. The van der Waals surface area contributed by atoms with Gasteiger partial charge in [0.1, 0.15) is 0 Å². The molecule has 0 aromatic heterocycles. The highest BCUT2D eigenvalue weighted by atomic mass is 32.2. The fourth-order valence-corrected chi connectivity index (χ4v) is 2.21. The average molecular weight is 268 g/mol. The number of hydrogen-bond donors (Lipinski definition) is 1. The topological polar surface area (TPSA) is 24.5 Å². The summed E-state index contributed by atoms with van der Waals surface area (Å²) in [4.78, 5) is 3.46. The molecule has 18 heavy (non-hydrogen) atoms. The zero-order chi connectivity index (χ0) is 13.1. The summed E-state index contributed by atoms with van der Waals surface area (Å²) in [5, 5.41) is 3.38. The lowest BCUT2D eigenvalue weighted by Crippen LogP contribution is -2.24. The first kappa shape index (κ1) is 15.5. The van der Waals surface area contributed by atoms with Gasteiger partial charge in [-0.1, -0.05) is 18.2 Å². The van der Waals surface area contributed by atoms with E-state index in [0.717, 1.165) is 38.6 Å². The molecule has 0 amide bonds. The minimum atomic E-state index is 0.795. The van der Waals surface area contributed by atoms with E-state index in [1.165, 1.54) is 4.90 Å². The zero-order valence-corrected chi connectivity index (χ0v) is 12.2. The number of thioether (sulfide) groups is 1. The van der Waals surface area contributed by atoms with E-state index < -0.39 is 0 Å². The molecule has 3 nitrogen and oxygen atoms in total. The maximum absolute atomic E-state index is 5.50. The van der Waals surface area contributed by atoms with E-state index in [1.807, 2.05) is 17.8 Å². The Morgan fingerprint density at radius 1 is 1.11 bits per heavy atom. The Labute approximate surface area is 115 Å². The Morgan fingerprint density at radius 2 is 1.89 bits per heavy atom. The van der Waals surface area contributed by atoms with Gasteiger partial charge >= 0.3 is 0 Å². The molecule has 0 bridgehead atoms. The lowest BCUT2D eigenvalue weighted by Gasteiger charge is -2.10. The number of hydrogen-bond acceptors (Lipinski definition) is 4. The number of ether oxygens (including phenoxy) is 1. The molecule has 0 atom stereocenters. The van der Waals surface area contributed by atoms with Crippen LogP contribution in [0.4, 0.5) is 0 Å². The maximum Gasteiger partial charge on any atom is 0.0593 e. The highest BCUT2D eigenvalue weighted by molar-refractivity contribution is 7.99. The normalized spacial score (nSPS) is 11.1. The molecule has 0 aliphatic heterocycles. The van der Waals surface area contributed by atoms with Crippen LogP contribution in [0.5, 0.6) is 0 Å². The van der Waals surface area contributed by atoms with Gasteiger partial charge in [0.2, 0.25) is 0 Å². The number of likely N-dealkylation sites (N-methyl/N-ethyl adjacent to an activating group) is 1. The van der Waals surface area contributed by atoms with E-state index >= 15 is 0 Å². The van der Waals surface area contributed by atoms with E-state index in [1.54, 1.807) is 0 Å². The highest BCUT2D eigenvalue weighted by Crippen LogP contribution is 2.15. The van der Waals surface area contributed by atoms with Gasteiger partial charge in [-0.25, -0.2) is 0 Å². The lowest BCUT2D eigenvalue weighted by molar-refractivity contribution is 0.119. The van der Waals surface area contributed by atoms with E-state index in [2.05, 4.69) is 48.6 Å². The fourth-order valence-electron chi connectivity index (χ4n) is 1.38. The second-order valence-corrected chi connectivity index (χ2v) is 5.50. The van der Waals surface area contributed by atoms with Crippen LogP contribution in [0.2, 0.25) is 0 Å². The van der Waals surface area contributed by atoms with Crippen molar-refractivity contribution in [1.29, 1.82) is 0 Å². The molecular formula is C14H24N2OS. The molecule has 1 N–H and O–H groups in total. The molecule has 0 heterocycles. The summed E-state index contributed by atoms with van der Waals surface area (Å²) in [6.45, 7) is 4.56. The predicted octanol–water partition coefficient (Wildman–Crippen LogP) is 1.95. The van der Waals surface area contributed by atoms with Crippen molar-refractivity contribution in [3.8, 4) is 0 Å². The van der Waals surface area contributed by atoms with Gasteiger partial charge in [-0.2, -0.15) is 0 Å². The van der Waals surface area contributed by atoms with Gasteiger partial charge in [0.15, 0.2) is 0 Å². The molecule has 1 rings (SSSR count). The van der Waals surface area contributed by atoms with Crippen molar-refractivity contribution in [2.75, 3.05) is 52.7 Å². The Morgan fingerprint density at radius 3 is 2.61 bits per heavy atom. The Kier molecular flexibility index (Phi) is 8.94. The van der Waals surface area contributed by atoms with Gasteiger partial charge < -0.3 is 15.0 Å². The molecule has 0 aliphatic rings. The summed E-state index contributed by atoms with van der Waals surface area (Å²) in [6, 6.07) is 10.5. The van der Waals surface area contributed by atoms with Crippen molar-refractivity contribution >= 4 is 11.8 Å². The predicted molar refractivity (Wildman–Crippen MR) is 79.4 cm³/mol. The van der Waals surface area contributed by atoms with Crippen LogP contribution in [0.25, 0.3) is 0 Å². The summed E-state index contributed by atoms with van der Waals surface area (Å²) in [5.74, 6) is 1.10. The van der Waals surface area contributed by atoms with Crippen molar-refractivity contribution in [2.45, 2.75) is 4.90 Å². The van der Waals surface area contributed by atoms with Crippen LogP contribution in [0.3, 0.4) is 0 Å². The van der Waals surface area contributed by atoms with Gasteiger partial charge in [-0.15, -0.1) is 11.8 Å². The summed E-state index contributed by atoms with van der Waals surface area (Å²) < 4.78 is 5.50. The Hall–Kier alpha value is -0.550. The number of rotatable bonds is 10. The van der Waals surface area contributed by atoms with Gasteiger partial charge in [0.25, 0.3) is 0 Å². The van der Waals surface area contributed by atoms with Crippen LogP contribution in [-0.2, 0) is 4.74 Å². The molecule has 4 heteroatoms. The first-order valence-electron chi connectivity index (χ1n) is 6.40. The second kappa shape index (κ2) is 10.4. The van der Waals surface area contributed by atoms with Gasteiger partial charge in [-0.05, 0) is 26.2 Å². The minimum Gasteiger partial charge on any atom is -0.379 e. The Balaban J connectivity index is 1.84. The minimum absolute atomic E-state index is 0.795. The first-order valence-corrected chi connectivity index (χ1v) is 7.38. The molecule has 0 radical (unpaired) electrons. The second-order valence-electron chi connectivity index (χ2n) is 4.33. The van der Waals surface area contributed by atoms with Crippen LogP contribution >= 0.6 is 11.8 Å². The molecule has 0 unspecified atom stereocenters. The van der Waals surface area contributed by atoms with Crippen molar-refractivity contribution in [1.82, 2.24) is 10.2 Å². The number of benzene rings is 1. The fraction of sp³-hybridized carbons (Fsp3) is 0.571. The van der Waals surface area contributed by atoms with Crippen LogP contribution in [0.15, 0.2) is 35.2 Å². The van der Waals surface area contributed by atoms with Crippen LogP contribution in [-0.4, -0.2) is 57.6 Å². The smallest absolute Gasteiger partial charge is 0.0593 e. The van der Waals surface area contributed by atoms with Crippen LogP contribution < -0.4 is 5.32 Å². The van der Waals surface area contributed by atoms with Gasteiger partial charge in [0.05, 0.1) is 13.2 Å². The molecule has 0 spiro atoms. The number of nitrogens with one attached hydrogen (secondary N) is 1. The number of nitrogens with zero attached hydrogens (tertiary/aromatic N) is 1. The highest BCUT2D eigenvalue weighted by Gasteiger charge is 1.93. The largest absolute Gasteiger partial charge is 0.379 e. The maximum atomic E-state index is 5.50. The van der Waals surface area contributed by atoms with E-state index in [-0.39, 0.29) is 0 Å². The summed E-state index contributed by atoms with van der Waals surface area (Å²) in [5.41, 5.74) is 0. The first-order chi connectivity index (χ1) is 8.79. The molecule has 0 fully saturated rings. The van der Waals surface area contributed by atoms with Crippen LogP contribution in [0.1, 0.15) is 0 Å². The summed E-state index contributed by atoms with van der Waals surface area (Å²) >= 11 is 1.88. The molecule has 0 saturated carbocycles. The third kappa shape index (κ3) is 8.53. The van der Waals surface area contributed by atoms with E-state index in [4.69, 9.17) is 4.74 Å². The summed E-state index contributed by atoms with van der Waals surface area (Å²) in [7, 11) is 4.12. The summed E-state index contributed by atoms with van der Waals surface area (Å²) in [6.07, 6.45) is 0. The molecule has 0 saturated heterocycles. The standard InChI is InChI=1S/C14H24N2OS/c1-16(2)10-12-17-11-8-15-9-13-18-14-6-4-3-5-7-14/h3-7,15H,8-13H2,1-2H3. The van der Waals surface area contributed by atoms with E-state index in [0.29, 0.717) is 0 Å². The average Bonchev–Trinajstić information content (AvgIpc) is 2.37. The molecular weight excluding hydrogens is 244 g/mol. The molecule has 1 aromatic rings. The molecule has 1 aromatic carbocycles. The third-order valence-electron chi connectivity index (χ3n) is 2.40.